The summed E-state index contributed by atoms with van der Waals surface area (Å²) >= 11 is 0. The summed E-state index contributed by atoms with van der Waals surface area (Å²) in [4.78, 5) is 15.1. The van der Waals surface area contributed by atoms with Crippen LogP contribution >= 0.6 is 0 Å². The molecule has 0 bridgehead atoms. The van der Waals surface area contributed by atoms with Crippen LogP contribution < -0.4 is 16.0 Å². The molecule has 0 aliphatic rings. The van der Waals surface area contributed by atoms with Crippen LogP contribution in [0.4, 0.5) is 5.82 Å². The summed E-state index contributed by atoms with van der Waals surface area (Å²) in [5, 5.41) is 19.0. The van der Waals surface area contributed by atoms with Crippen LogP contribution in [0.5, 0.6) is 0 Å². The first kappa shape index (κ1) is 24.6. The number of carbonyl (C=O) groups is 1. The quantitative estimate of drug-likeness (QED) is 0.212. The van der Waals surface area contributed by atoms with Gasteiger partial charge in [-0.05, 0) is 60.9 Å². The first-order valence-corrected chi connectivity index (χ1v) is 11.3. The summed E-state index contributed by atoms with van der Waals surface area (Å²) in [7, 11) is 0. The number of rotatable bonds is 10. The predicted molar refractivity (Wildman–Crippen MR) is 136 cm³/mol. The van der Waals surface area contributed by atoms with Crippen molar-refractivity contribution in [2.45, 2.75) is 39.1 Å². The van der Waals surface area contributed by atoms with E-state index in [0.29, 0.717) is 13.0 Å². The molecule has 6 heteroatoms. The van der Waals surface area contributed by atoms with Crippen molar-refractivity contribution in [1.82, 2.24) is 15.6 Å². The molecule has 0 aliphatic heterocycles. The predicted octanol–water partition coefficient (Wildman–Crippen LogP) is 3.89. The number of allylic oxidation sites excluding steroid dienone is 1. The molecule has 2 unspecified atom stereocenters. The number of benzene rings is 2. The molecule has 1 aromatic heterocycles. The van der Waals surface area contributed by atoms with E-state index < -0.39 is 12.3 Å². The van der Waals surface area contributed by atoms with Crippen molar-refractivity contribution in [3.63, 3.8) is 0 Å². The molecule has 34 heavy (non-hydrogen) atoms. The second-order valence-electron chi connectivity index (χ2n) is 7.77. The van der Waals surface area contributed by atoms with Gasteiger partial charge < -0.3 is 21.1 Å². The zero-order chi connectivity index (χ0) is 24.2. The summed E-state index contributed by atoms with van der Waals surface area (Å²) in [6.07, 6.45) is 3.86. The molecule has 0 saturated carbocycles. The highest BCUT2D eigenvalue weighted by atomic mass is 16.3. The number of carbonyl (C=O) groups excluding carboxylic acids is 1. The summed E-state index contributed by atoms with van der Waals surface area (Å²) in [6.45, 7) is 4.36. The van der Waals surface area contributed by atoms with Gasteiger partial charge in [0.25, 0.3) is 0 Å². The van der Waals surface area contributed by atoms with E-state index in [9.17, 15) is 9.90 Å². The lowest BCUT2D eigenvalue weighted by Crippen LogP contribution is -2.48. The molecular weight excluding hydrogens is 424 g/mol. The average molecular weight is 455 g/mol. The SMILES string of the molecule is CC/C=C(/NC(NC=O)C(C)O)c1ccc(C#Cc2ccc(CNc3ccccn3)cc2)cc1. The minimum Gasteiger partial charge on any atom is -0.389 e. The Hall–Kier alpha value is -4.08. The van der Waals surface area contributed by atoms with Crippen LogP contribution in [0.25, 0.3) is 5.70 Å². The Labute approximate surface area is 201 Å². The summed E-state index contributed by atoms with van der Waals surface area (Å²) < 4.78 is 0. The Bertz CT molecular complexity index is 1130. The van der Waals surface area contributed by atoms with E-state index in [1.165, 1.54) is 0 Å². The molecule has 6 nitrogen and oxygen atoms in total. The molecule has 4 N–H and O–H groups in total. The number of aliphatic hydroxyl groups is 1. The van der Waals surface area contributed by atoms with E-state index in [1.807, 2.05) is 67.6 Å². The minimum absolute atomic E-state index is 0.572. The number of amides is 1. The number of nitrogens with one attached hydrogen (secondary N) is 3. The van der Waals surface area contributed by atoms with Crippen molar-refractivity contribution >= 4 is 17.9 Å². The van der Waals surface area contributed by atoms with Crippen molar-refractivity contribution in [3.8, 4) is 11.8 Å². The topological polar surface area (TPSA) is 86.3 Å². The van der Waals surface area contributed by atoms with Gasteiger partial charge in [0, 0.05) is 29.6 Å². The van der Waals surface area contributed by atoms with Gasteiger partial charge in [0.1, 0.15) is 12.0 Å². The third-order valence-electron chi connectivity index (χ3n) is 5.09. The van der Waals surface area contributed by atoms with Crippen LogP contribution in [-0.4, -0.2) is 28.8 Å². The van der Waals surface area contributed by atoms with Gasteiger partial charge in [0.15, 0.2) is 0 Å². The van der Waals surface area contributed by atoms with Gasteiger partial charge in [0.05, 0.1) is 6.10 Å². The maximum absolute atomic E-state index is 10.8. The van der Waals surface area contributed by atoms with E-state index in [2.05, 4.69) is 44.9 Å². The van der Waals surface area contributed by atoms with Crippen LogP contribution in [0.2, 0.25) is 0 Å². The van der Waals surface area contributed by atoms with E-state index in [4.69, 9.17) is 0 Å². The van der Waals surface area contributed by atoms with Gasteiger partial charge in [-0.25, -0.2) is 4.98 Å². The van der Waals surface area contributed by atoms with Crippen molar-refractivity contribution in [2.24, 2.45) is 0 Å². The van der Waals surface area contributed by atoms with Crippen LogP contribution in [0.15, 0.2) is 79.0 Å². The van der Waals surface area contributed by atoms with Gasteiger partial charge in [-0.15, -0.1) is 0 Å². The van der Waals surface area contributed by atoms with E-state index in [0.717, 1.165) is 40.2 Å². The molecule has 0 aliphatic carbocycles. The molecule has 1 amide bonds. The zero-order valence-electron chi connectivity index (χ0n) is 19.5. The number of aromatic nitrogens is 1. The Morgan fingerprint density at radius 1 is 1.03 bits per heavy atom. The third-order valence-corrected chi connectivity index (χ3v) is 5.09. The molecule has 0 fully saturated rings. The van der Waals surface area contributed by atoms with Gasteiger partial charge in [0.2, 0.25) is 6.41 Å². The van der Waals surface area contributed by atoms with Crippen LogP contribution in [-0.2, 0) is 11.3 Å². The largest absolute Gasteiger partial charge is 0.389 e. The number of anilines is 1. The molecule has 0 radical (unpaired) electrons. The minimum atomic E-state index is -0.743. The second-order valence-corrected chi connectivity index (χ2v) is 7.77. The first-order chi connectivity index (χ1) is 16.6. The molecule has 3 aromatic rings. The average Bonchev–Trinajstić information content (AvgIpc) is 2.87. The van der Waals surface area contributed by atoms with Gasteiger partial charge in [-0.2, -0.15) is 0 Å². The lowest BCUT2D eigenvalue weighted by atomic mass is 10.1. The number of pyridine rings is 1. The lowest BCUT2D eigenvalue weighted by Gasteiger charge is -2.24. The maximum atomic E-state index is 10.8. The van der Waals surface area contributed by atoms with Crippen molar-refractivity contribution in [3.05, 3.63) is 101 Å². The number of nitrogens with zero attached hydrogens (tertiary/aromatic N) is 1. The Balaban J connectivity index is 1.63. The number of hydrogen-bond acceptors (Lipinski definition) is 5. The van der Waals surface area contributed by atoms with Crippen LogP contribution in [0.1, 0.15) is 42.5 Å². The standard InChI is InChI=1S/C28H30N4O2/c1-3-6-26(32-28(21(2)34)31-20-33)25-16-14-23(15-17-25)9-8-22-10-12-24(13-11-22)19-30-27-7-4-5-18-29-27/h4-7,10-18,20-21,28,32,34H,3,19H2,1-2H3,(H,29,30)(H,31,33)/b26-6+. The number of aliphatic hydroxyl groups excluding tert-OH is 1. The Kier molecular flexibility index (Phi) is 9.27. The molecule has 174 valence electrons. The Morgan fingerprint density at radius 3 is 2.26 bits per heavy atom. The van der Waals surface area contributed by atoms with Crippen molar-refractivity contribution in [1.29, 1.82) is 0 Å². The first-order valence-electron chi connectivity index (χ1n) is 11.3. The fraction of sp³-hybridized carbons (Fsp3) is 0.214. The van der Waals surface area contributed by atoms with Crippen molar-refractivity contribution < 1.29 is 9.90 Å². The highest BCUT2D eigenvalue weighted by molar-refractivity contribution is 5.65. The van der Waals surface area contributed by atoms with Crippen molar-refractivity contribution in [2.75, 3.05) is 5.32 Å². The lowest BCUT2D eigenvalue weighted by molar-refractivity contribution is -0.111. The third kappa shape index (κ3) is 7.51. The fourth-order valence-corrected chi connectivity index (χ4v) is 3.25. The van der Waals surface area contributed by atoms with E-state index >= 15 is 0 Å². The van der Waals surface area contributed by atoms with Gasteiger partial charge >= 0.3 is 0 Å². The normalized spacial score (nSPS) is 12.6. The molecule has 2 aromatic carbocycles. The molecule has 3 rings (SSSR count). The Morgan fingerprint density at radius 2 is 1.71 bits per heavy atom. The molecule has 0 spiro atoms. The second kappa shape index (κ2) is 12.8. The summed E-state index contributed by atoms with van der Waals surface area (Å²) in [5.41, 5.74) is 4.80. The summed E-state index contributed by atoms with van der Waals surface area (Å²) in [5.74, 6) is 7.26. The number of hydrogen-bond donors (Lipinski definition) is 4. The van der Waals surface area contributed by atoms with E-state index in [-0.39, 0.29) is 0 Å². The highest BCUT2D eigenvalue weighted by Gasteiger charge is 2.15. The van der Waals surface area contributed by atoms with Gasteiger partial charge in [-0.1, -0.05) is 55.2 Å². The smallest absolute Gasteiger partial charge is 0.208 e. The highest BCUT2D eigenvalue weighted by Crippen LogP contribution is 2.15. The monoisotopic (exact) mass is 454 g/mol. The zero-order valence-corrected chi connectivity index (χ0v) is 19.5. The molecule has 2 atom stereocenters. The molecular formula is C28H30N4O2. The van der Waals surface area contributed by atoms with E-state index in [1.54, 1.807) is 13.1 Å². The van der Waals surface area contributed by atoms with Gasteiger partial charge in [-0.3, -0.25) is 4.79 Å². The molecule has 0 saturated heterocycles. The molecule has 1 heterocycles. The fourth-order valence-electron chi connectivity index (χ4n) is 3.25. The van der Waals surface area contributed by atoms with Crippen LogP contribution in [0.3, 0.4) is 0 Å². The maximum Gasteiger partial charge on any atom is 0.208 e. The van der Waals surface area contributed by atoms with Crippen LogP contribution in [0, 0.1) is 11.8 Å². The summed E-state index contributed by atoms with van der Waals surface area (Å²) in [6, 6.07) is 21.8.